The molecule has 26 heavy (non-hydrogen) atoms. The van der Waals surface area contributed by atoms with Gasteiger partial charge in [-0.15, -0.1) is 0 Å². The standard InChI is InChI=1S/C22H30O4/c1-10(9-23)11-4-5-12-16-13(6-7-21(11,12)2)22(3)14(17-19(16)25-17)8-15(24)18-20(22)26-18/h8-13,15-20,24H,4-7H2,1-3H3/t10?,11-,12+,13+,15-,16+,17-,18+,19+,20+,21-,22-/m1/s1. The average Bonchev–Trinajstić information content (AvgIpc) is 3.51. The Hall–Kier alpha value is -0.710. The number of rotatable bonds is 2. The summed E-state index contributed by atoms with van der Waals surface area (Å²) in [6.07, 6.45) is 8.31. The van der Waals surface area contributed by atoms with E-state index < -0.39 is 6.10 Å². The number of fused-ring (bicyclic) bond motifs is 10. The van der Waals surface area contributed by atoms with Crippen LogP contribution in [0.1, 0.15) is 46.5 Å². The van der Waals surface area contributed by atoms with Crippen molar-refractivity contribution in [1.29, 1.82) is 0 Å². The van der Waals surface area contributed by atoms with Crippen LogP contribution >= 0.6 is 0 Å². The smallest absolute Gasteiger partial charge is 0.123 e. The van der Waals surface area contributed by atoms with Gasteiger partial charge in [-0.1, -0.05) is 26.8 Å². The van der Waals surface area contributed by atoms with Gasteiger partial charge in [0.2, 0.25) is 0 Å². The highest BCUT2D eigenvalue weighted by Gasteiger charge is 2.74. The van der Waals surface area contributed by atoms with Crippen LogP contribution < -0.4 is 0 Å². The Morgan fingerprint density at radius 1 is 1.19 bits per heavy atom. The van der Waals surface area contributed by atoms with E-state index in [9.17, 15) is 9.90 Å². The molecule has 4 heteroatoms. The number of hydrogen-bond donors (Lipinski definition) is 1. The van der Waals surface area contributed by atoms with Crippen LogP contribution in [0, 0.1) is 40.4 Å². The molecule has 6 rings (SSSR count). The highest BCUT2D eigenvalue weighted by Crippen LogP contribution is 2.72. The SMILES string of the molecule is CC(C=O)[C@H]1CC[C@H]2[C@@H]3[C@@H]4O[C@@H]4C4=C[C@@H](O)[C@@H]5O[C@@H]5[C@]4(C)[C@H]3CC[C@]12C. The van der Waals surface area contributed by atoms with Crippen LogP contribution in [0.2, 0.25) is 0 Å². The lowest BCUT2D eigenvalue weighted by Gasteiger charge is -2.56. The molecule has 3 saturated carbocycles. The zero-order chi connectivity index (χ0) is 18.0. The van der Waals surface area contributed by atoms with Gasteiger partial charge in [0.15, 0.2) is 0 Å². The number of epoxide rings is 2. The zero-order valence-corrected chi connectivity index (χ0v) is 15.9. The van der Waals surface area contributed by atoms with Crippen molar-refractivity contribution in [1.82, 2.24) is 0 Å². The minimum atomic E-state index is -0.456. The van der Waals surface area contributed by atoms with Crippen molar-refractivity contribution < 1.29 is 19.4 Å². The fraction of sp³-hybridized carbons (Fsp3) is 0.864. The number of aliphatic hydroxyl groups excluding tert-OH is 1. The molecule has 142 valence electrons. The third-order valence-corrected chi connectivity index (χ3v) is 9.66. The Balaban J connectivity index is 1.40. The molecule has 0 bridgehead atoms. The summed E-state index contributed by atoms with van der Waals surface area (Å²) < 4.78 is 12.3. The van der Waals surface area contributed by atoms with E-state index in [0.29, 0.717) is 29.8 Å². The molecule has 0 radical (unpaired) electrons. The van der Waals surface area contributed by atoms with Crippen LogP contribution in [0.5, 0.6) is 0 Å². The molecule has 6 aliphatic rings. The second-order valence-corrected chi connectivity index (χ2v) is 10.5. The van der Waals surface area contributed by atoms with Gasteiger partial charge in [-0.2, -0.15) is 0 Å². The molecule has 5 fully saturated rings. The number of aldehydes is 1. The molecule has 2 heterocycles. The Morgan fingerprint density at radius 2 is 2.00 bits per heavy atom. The van der Waals surface area contributed by atoms with Gasteiger partial charge in [0.25, 0.3) is 0 Å². The lowest BCUT2D eigenvalue weighted by molar-refractivity contribution is -0.115. The molecule has 12 atom stereocenters. The Labute approximate surface area is 155 Å². The van der Waals surface area contributed by atoms with E-state index in [1.165, 1.54) is 37.5 Å². The molecule has 0 amide bonds. The van der Waals surface area contributed by atoms with Gasteiger partial charge in [-0.3, -0.25) is 0 Å². The first-order valence-electron chi connectivity index (χ1n) is 10.6. The minimum absolute atomic E-state index is 0.000535. The lowest BCUT2D eigenvalue weighted by atomic mass is 9.46. The van der Waals surface area contributed by atoms with Gasteiger partial charge in [0.05, 0.1) is 12.2 Å². The van der Waals surface area contributed by atoms with Crippen LogP contribution in [0.15, 0.2) is 11.6 Å². The number of carbonyl (C=O) groups is 1. The quantitative estimate of drug-likeness (QED) is 0.468. The normalized spacial score (nSPS) is 62.6. The van der Waals surface area contributed by atoms with Gasteiger partial charge >= 0.3 is 0 Å². The molecule has 2 aliphatic heterocycles. The third kappa shape index (κ3) is 1.71. The first-order chi connectivity index (χ1) is 12.4. The van der Waals surface area contributed by atoms with Crippen molar-refractivity contribution in [2.24, 2.45) is 40.4 Å². The Kier molecular flexibility index (Phi) is 3.01. The fourth-order valence-corrected chi connectivity index (χ4v) is 8.33. The van der Waals surface area contributed by atoms with E-state index in [1.807, 2.05) is 0 Å². The van der Waals surface area contributed by atoms with Crippen molar-refractivity contribution >= 4 is 6.29 Å². The van der Waals surface area contributed by atoms with Crippen LogP contribution in [0.4, 0.5) is 0 Å². The van der Waals surface area contributed by atoms with Crippen molar-refractivity contribution in [3.63, 3.8) is 0 Å². The maximum Gasteiger partial charge on any atom is 0.123 e. The molecular weight excluding hydrogens is 328 g/mol. The average molecular weight is 358 g/mol. The topological polar surface area (TPSA) is 62.4 Å². The summed E-state index contributed by atoms with van der Waals surface area (Å²) in [6, 6.07) is 0. The Morgan fingerprint density at radius 3 is 2.77 bits per heavy atom. The molecule has 4 nitrogen and oxygen atoms in total. The van der Waals surface area contributed by atoms with Crippen molar-refractivity contribution in [2.75, 3.05) is 0 Å². The lowest BCUT2D eigenvalue weighted by Crippen LogP contribution is -2.56. The summed E-state index contributed by atoms with van der Waals surface area (Å²) >= 11 is 0. The molecule has 4 aliphatic carbocycles. The summed E-state index contributed by atoms with van der Waals surface area (Å²) in [6.45, 7) is 6.95. The highest BCUT2D eigenvalue weighted by atomic mass is 16.6. The summed E-state index contributed by atoms with van der Waals surface area (Å²) in [5, 5.41) is 10.3. The predicted molar refractivity (Wildman–Crippen MR) is 95.3 cm³/mol. The molecule has 0 aromatic carbocycles. The van der Waals surface area contributed by atoms with Gasteiger partial charge in [0.1, 0.15) is 24.6 Å². The van der Waals surface area contributed by atoms with E-state index in [0.717, 1.165) is 0 Å². The number of ether oxygens (including phenoxy) is 2. The maximum atomic E-state index is 11.5. The maximum absolute atomic E-state index is 11.5. The van der Waals surface area contributed by atoms with Crippen molar-refractivity contribution in [3.8, 4) is 0 Å². The van der Waals surface area contributed by atoms with E-state index >= 15 is 0 Å². The molecule has 1 unspecified atom stereocenters. The minimum Gasteiger partial charge on any atom is -0.386 e. The van der Waals surface area contributed by atoms with Gasteiger partial charge in [-0.05, 0) is 60.3 Å². The zero-order valence-electron chi connectivity index (χ0n) is 15.9. The Bertz CT molecular complexity index is 702. The first-order valence-corrected chi connectivity index (χ1v) is 10.6. The monoisotopic (exact) mass is 358 g/mol. The second kappa shape index (κ2) is 4.82. The number of carbonyl (C=O) groups excluding carboxylic acids is 1. The van der Waals surface area contributed by atoms with Crippen LogP contribution in [0.3, 0.4) is 0 Å². The van der Waals surface area contributed by atoms with Gasteiger partial charge < -0.3 is 19.4 Å². The molecule has 2 saturated heterocycles. The highest BCUT2D eigenvalue weighted by molar-refractivity contribution is 5.54. The van der Waals surface area contributed by atoms with Crippen LogP contribution in [0.25, 0.3) is 0 Å². The fourth-order valence-electron chi connectivity index (χ4n) is 8.33. The number of hydrogen-bond acceptors (Lipinski definition) is 4. The molecule has 1 N–H and O–H groups in total. The summed E-state index contributed by atoms with van der Waals surface area (Å²) in [5.74, 6) is 2.51. The third-order valence-electron chi connectivity index (χ3n) is 9.66. The molecule has 0 spiro atoms. The summed E-state index contributed by atoms with van der Waals surface area (Å²) in [7, 11) is 0. The van der Waals surface area contributed by atoms with E-state index in [2.05, 4.69) is 26.8 Å². The van der Waals surface area contributed by atoms with Crippen molar-refractivity contribution in [2.45, 2.75) is 77.0 Å². The van der Waals surface area contributed by atoms with Crippen LogP contribution in [-0.2, 0) is 14.3 Å². The second-order valence-electron chi connectivity index (χ2n) is 10.5. The number of aliphatic hydroxyl groups is 1. The molecular formula is C22H30O4. The van der Waals surface area contributed by atoms with Gasteiger partial charge in [0, 0.05) is 11.3 Å². The van der Waals surface area contributed by atoms with Crippen LogP contribution in [-0.4, -0.2) is 41.9 Å². The first kappa shape index (κ1) is 16.3. The molecule has 0 aromatic rings. The summed E-state index contributed by atoms with van der Waals surface area (Å²) in [5.41, 5.74) is 1.63. The van der Waals surface area contributed by atoms with E-state index in [-0.39, 0.29) is 35.1 Å². The van der Waals surface area contributed by atoms with E-state index in [1.54, 1.807) is 0 Å². The van der Waals surface area contributed by atoms with E-state index in [4.69, 9.17) is 9.47 Å². The molecule has 0 aromatic heterocycles. The largest absolute Gasteiger partial charge is 0.386 e. The summed E-state index contributed by atoms with van der Waals surface area (Å²) in [4.78, 5) is 11.5. The van der Waals surface area contributed by atoms with Gasteiger partial charge in [-0.25, -0.2) is 0 Å². The van der Waals surface area contributed by atoms with Crippen molar-refractivity contribution in [3.05, 3.63) is 11.6 Å². The predicted octanol–water partition coefficient (Wildman–Crippen LogP) is 2.74.